The molecule has 3 nitrogen and oxygen atoms in total. The quantitative estimate of drug-likeness (QED) is 0.890. The number of hydrogen-bond acceptors (Lipinski definition) is 3. The van der Waals surface area contributed by atoms with Gasteiger partial charge in [-0.15, -0.1) is 0 Å². The highest BCUT2D eigenvalue weighted by atomic mass is 15.2. The highest BCUT2D eigenvalue weighted by Gasteiger charge is 2.39. The number of nitrogen functional groups attached to an aromatic ring is 1. The predicted octanol–water partition coefficient (Wildman–Crippen LogP) is 2.84. The Morgan fingerprint density at radius 2 is 2.17 bits per heavy atom. The molecule has 1 aromatic rings. The maximum Gasteiger partial charge on any atom is 0.128 e. The third kappa shape index (κ3) is 2.06. The molecule has 18 heavy (non-hydrogen) atoms. The van der Waals surface area contributed by atoms with Gasteiger partial charge in [-0.3, -0.25) is 0 Å². The molecule has 1 aromatic heterocycles. The molecule has 3 rings (SSSR count). The van der Waals surface area contributed by atoms with Gasteiger partial charge >= 0.3 is 0 Å². The number of aromatic nitrogens is 1. The molecule has 2 bridgehead atoms. The van der Waals surface area contributed by atoms with Crippen molar-refractivity contribution >= 4 is 11.5 Å². The first-order chi connectivity index (χ1) is 8.63. The first kappa shape index (κ1) is 11.8. The van der Waals surface area contributed by atoms with Gasteiger partial charge < -0.3 is 10.6 Å². The fourth-order valence-electron chi connectivity index (χ4n) is 3.82. The molecule has 3 atom stereocenters. The van der Waals surface area contributed by atoms with Crippen molar-refractivity contribution in [1.29, 1.82) is 0 Å². The van der Waals surface area contributed by atoms with Gasteiger partial charge in [-0.25, -0.2) is 4.98 Å². The SMILES string of the molecule is Cc1nc(N(C)CC2CC3CCC2C3)ccc1N. The van der Waals surface area contributed by atoms with E-state index in [2.05, 4.69) is 16.9 Å². The number of anilines is 2. The smallest absolute Gasteiger partial charge is 0.128 e. The monoisotopic (exact) mass is 245 g/mol. The molecule has 2 saturated carbocycles. The third-order valence-corrected chi connectivity index (χ3v) is 4.90. The van der Waals surface area contributed by atoms with E-state index in [0.29, 0.717) is 0 Å². The highest BCUT2D eigenvalue weighted by molar-refractivity contribution is 5.50. The van der Waals surface area contributed by atoms with Crippen LogP contribution in [0.15, 0.2) is 12.1 Å². The Morgan fingerprint density at radius 1 is 1.33 bits per heavy atom. The summed E-state index contributed by atoms with van der Waals surface area (Å²) < 4.78 is 0. The van der Waals surface area contributed by atoms with Crippen LogP contribution in [-0.4, -0.2) is 18.6 Å². The molecule has 0 saturated heterocycles. The van der Waals surface area contributed by atoms with E-state index in [0.717, 1.165) is 41.5 Å². The first-order valence-electron chi connectivity index (χ1n) is 7.07. The van der Waals surface area contributed by atoms with E-state index in [4.69, 9.17) is 5.73 Å². The molecule has 0 amide bonds. The van der Waals surface area contributed by atoms with Gasteiger partial charge in [0, 0.05) is 13.6 Å². The number of nitrogens with two attached hydrogens (primary N) is 1. The zero-order valence-corrected chi connectivity index (χ0v) is 11.4. The molecule has 3 unspecified atom stereocenters. The summed E-state index contributed by atoms with van der Waals surface area (Å²) in [5.41, 5.74) is 7.54. The van der Waals surface area contributed by atoms with Crippen molar-refractivity contribution in [3.05, 3.63) is 17.8 Å². The second kappa shape index (κ2) is 4.45. The molecule has 0 spiro atoms. The molecule has 0 aliphatic heterocycles. The lowest BCUT2D eigenvalue weighted by Crippen LogP contribution is -2.29. The summed E-state index contributed by atoms with van der Waals surface area (Å²) in [4.78, 5) is 6.88. The Morgan fingerprint density at radius 3 is 2.78 bits per heavy atom. The summed E-state index contributed by atoms with van der Waals surface area (Å²) >= 11 is 0. The molecule has 2 fully saturated rings. The molecule has 3 heteroatoms. The Hall–Kier alpha value is -1.25. The fraction of sp³-hybridized carbons (Fsp3) is 0.667. The topological polar surface area (TPSA) is 42.2 Å². The van der Waals surface area contributed by atoms with Crippen LogP contribution in [-0.2, 0) is 0 Å². The first-order valence-corrected chi connectivity index (χ1v) is 7.07. The fourth-order valence-corrected chi connectivity index (χ4v) is 3.82. The van der Waals surface area contributed by atoms with Crippen molar-refractivity contribution in [2.75, 3.05) is 24.2 Å². The summed E-state index contributed by atoms with van der Waals surface area (Å²) in [5.74, 6) is 3.94. The number of fused-ring (bicyclic) bond motifs is 2. The Bertz CT molecular complexity index is 443. The molecule has 0 aromatic carbocycles. The van der Waals surface area contributed by atoms with Gasteiger partial charge in [-0.2, -0.15) is 0 Å². The molecule has 1 heterocycles. The Balaban J connectivity index is 1.67. The summed E-state index contributed by atoms with van der Waals surface area (Å²) in [6, 6.07) is 4.00. The average molecular weight is 245 g/mol. The van der Waals surface area contributed by atoms with Crippen LogP contribution in [0.2, 0.25) is 0 Å². The van der Waals surface area contributed by atoms with Crippen molar-refractivity contribution in [1.82, 2.24) is 4.98 Å². The summed E-state index contributed by atoms with van der Waals surface area (Å²) in [7, 11) is 2.16. The summed E-state index contributed by atoms with van der Waals surface area (Å²) in [5, 5.41) is 0. The van der Waals surface area contributed by atoms with E-state index in [-0.39, 0.29) is 0 Å². The predicted molar refractivity (Wildman–Crippen MR) is 75.6 cm³/mol. The largest absolute Gasteiger partial charge is 0.397 e. The molecule has 2 N–H and O–H groups in total. The van der Waals surface area contributed by atoms with Crippen LogP contribution >= 0.6 is 0 Å². The van der Waals surface area contributed by atoms with Crippen molar-refractivity contribution in [3.63, 3.8) is 0 Å². The van der Waals surface area contributed by atoms with Gasteiger partial charge in [0.15, 0.2) is 0 Å². The van der Waals surface area contributed by atoms with Crippen LogP contribution in [0.3, 0.4) is 0 Å². The van der Waals surface area contributed by atoms with Crippen molar-refractivity contribution in [2.24, 2.45) is 17.8 Å². The minimum Gasteiger partial charge on any atom is -0.397 e. The van der Waals surface area contributed by atoms with Crippen LogP contribution in [0.4, 0.5) is 11.5 Å². The zero-order valence-electron chi connectivity index (χ0n) is 11.4. The molecule has 2 aliphatic carbocycles. The van der Waals surface area contributed by atoms with E-state index >= 15 is 0 Å². The van der Waals surface area contributed by atoms with E-state index in [1.165, 1.54) is 25.7 Å². The number of hydrogen-bond donors (Lipinski definition) is 1. The zero-order chi connectivity index (χ0) is 12.7. The van der Waals surface area contributed by atoms with Gasteiger partial charge in [-0.05, 0) is 56.1 Å². The van der Waals surface area contributed by atoms with Crippen molar-refractivity contribution < 1.29 is 0 Å². The van der Waals surface area contributed by atoms with Gasteiger partial charge in [0.05, 0.1) is 11.4 Å². The lowest BCUT2D eigenvalue weighted by atomic mass is 9.88. The van der Waals surface area contributed by atoms with Gasteiger partial charge in [-0.1, -0.05) is 6.42 Å². The lowest BCUT2D eigenvalue weighted by Gasteiger charge is -2.28. The van der Waals surface area contributed by atoms with Gasteiger partial charge in [0.1, 0.15) is 5.82 Å². The van der Waals surface area contributed by atoms with Crippen molar-refractivity contribution in [2.45, 2.75) is 32.6 Å². The van der Waals surface area contributed by atoms with E-state index in [1.54, 1.807) is 0 Å². The number of rotatable bonds is 3. The highest BCUT2D eigenvalue weighted by Crippen LogP contribution is 2.48. The summed E-state index contributed by atoms with van der Waals surface area (Å²) in [6.45, 7) is 3.13. The molecular weight excluding hydrogens is 222 g/mol. The van der Waals surface area contributed by atoms with E-state index in [1.807, 2.05) is 19.1 Å². The summed E-state index contributed by atoms with van der Waals surface area (Å²) in [6.07, 6.45) is 5.84. The van der Waals surface area contributed by atoms with Crippen LogP contribution in [0.5, 0.6) is 0 Å². The third-order valence-electron chi connectivity index (χ3n) is 4.90. The van der Waals surface area contributed by atoms with Gasteiger partial charge in [0.25, 0.3) is 0 Å². The number of pyridine rings is 1. The average Bonchev–Trinajstić information content (AvgIpc) is 2.94. The molecule has 0 radical (unpaired) electrons. The van der Waals surface area contributed by atoms with E-state index < -0.39 is 0 Å². The molecule has 2 aliphatic rings. The van der Waals surface area contributed by atoms with E-state index in [9.17, 15) is 0 Å². The Kier molecular flexibility index (Phi) is 2.92. The maximum atomic E-state index is 5.82. The standard InChI is InChI=1S/C15H23N3/c1-10-14(16)5-6-15(17-10)18(2)9-13-8-11-3-4-12(13)7-11/h5-6,11-13H,3-4,7-9,16H2,1-2H3. The van der Waals surface area contributed by atoms with Crippen LogP contribution in [0, 0.1) is 24.7 Å². The minimum atomic E-state index is 0.784. The Labute approximate surface area is 109 Å². The minimum absolute atomic E-state index is 0.784. The van der Waals surface area contributed by atoms with Crippen LogP contribution in [0.25, 0.3) is 0 Å². The number of nitrogens with zero attached hydrogens (tertiary/aromatic N) is 2. The van der Waals surface area contributed by atoms with Crippen LogP contribution < -0.4 is 10.6 Å². The molecule has 98 valence electrons. The van der Waals surface area contributed by atoms with Crippen molar-refractivity contribution in [3.8, 4) is 0 Å². The second-order valence-electron chi connectivity index (χ2n) is 6.16. The van der Waals surface area contributed by atoms with Gasteiger partial charge in [0.2, 0.25) is 0 Å². The normalized spacial score (nSPS) is 29.8. The number of aryl methyl sites for hydroxylation is 1. The molecular formula is C15H23N3. The lowest BCUT2D eigenvalue weighted by molar-refractivity contribution is 0.337. The maximum absolute atomic E-state index is 5.82. The van der Waals surface area contributed by atoms with Crippen LogP contribution in [0.1, 0.15) is 31.4 Å². The second-order valence-corrected chi connectivity index (χ2v) is 6.16.